The SMILES string of the molecule is CC(=O)C1=C(O)C(C(C)C)[C@@]2(C)C[C@@]3(C)Cc4c(C5=CC=CC5)ccc(O)c4C(=O)C3=C(O)[C@@]2(O)C1=O. The van der Waals surface area contributed by atoms with Crippen LogP contribution in [0, 0.1) is 22.7 Å². The molecule has 4 aliphatic carbocycles. The molecule has 194 valence electrons. The minimum Gasteiger partial charge on any atom is -0.511 e. The zero-order valence-corrected chi connectivity index (χ0v) is 21.7. The van der Waals surface area contributed by atoms with E-state index in [9.17, 15) is 34.8 Å². The molecule has 4 atom stereocenters. The molecule has 0 heterocycles. The molecule has 1 aromatic carbocycles. The highest BCUT2D eigenvalue weighted by molar-refractivity contribution is 6.25. The van der Waals surface area contributed by atoms with Crippen LogP contribution in [0.5, 0.6) is 5.75 Å². The van der Waals surface area contributed by atoms with E-state index in [2.05, 4.69) is 0 Å². The zero-order chi connectivity index (χ0) is 27.2. The highest BCUT2D eigenvalue weighted by Gasteiger charge is 2.71. The van der Waals surface area contributed by atoms with E-state index in [0.29, 0.717) is 12.0 Å². The first kappa shape index (κ1) is 25.2. The summed E-state index contributed by atoms with van der Waals surface area (Å²) in [4.78, 5) is 40.1. The van der Waals surface area contributed by atoms with E-state index in [1.807, 2.05) is 39.0 Å². The Labute approximate surface area is 215 Å². The van der Waals surface area contributed by atoms with Gasteiger partial charge in [0.1, 0.15) is 22.8 Å². The second kappa shape index (κ2) is 7.78. The van der Waals surface area contributed by atoms with Crippen LogP contribution in [-0.4, -0.2) is 43.4 Å². The molecule has 37 heavy (non-hydrogen) atoms. The monoisotopic (exact) mass is 504 g/mol. The maximum absolute atomic E-state index is 14.0. The van der Waals surface area contributed by atoms with Crippen molar-refractivity contribution in [3.8, 4) is 5.75 Å². The van der Waals surface area contributed by atoms with Crippen molar-refractivity contribution in [1.29, 1.82) is 0 Å². The van der Waals surface area contributed by atoms with Gasteiger partial charge in [0.05, 0.1) is 5.56 Å². The van der Waals surface area contributed by atoms with Crippen LogP contribution in [0.25, 0.3) is 5.57 Å². The highest BCUT2D eigenvalue weighted by Crippen LogP contribution is 2.65. The number of phenols is 1. The Morgan fingerprint density at radius 1 is 1.11 bits per heavy atom. The topological polar surface area (TPSA) is 132 Å². The first-order valence-corrected chi connectivity index (χ1v) is 12.6. The first-order valence-electron chi connectivity index (χ1n) is 12.6. The van der Waals surface area contributed by atoms with Crippen molar-refractivity contribution in [1.82, 2.24) is 0 Å². The van der Waals surface area contributed by atoms with Crippen LogP contribution < -0.4 is 0 Å². The van der Waals surface area contributed by atoms with Gasteiger partial charge in [0, 0.05) is 22.3 Å². The average Bonchev–Trinajstić information content (AvgIpc) is 3.30. The Kier molecular flexibility index (Phi) is 5.30. The lowest BCUT2D eigenvalue weighted by atomic mass is 9.44. The predicted octanol–water partition coefficient (Wildman–Crippen LogP) is 4.69. The van der Waals surface area contributed by atoms with Crippen LogP contribution in [-0.2, 0) is 16.0 Å². The number of Topliss-reactive ketones (excluding diaryl/α,β-unsaturated/α-hetero) is 3. The van der Waals surface area contributed by atoms with E-state index in [0.717, 1.165) is 18.1 Å². The Hall–Kier alpha value is -3.45. The maximum atomic E-state index is 14.0. The molecule has 1 aromatic rings. The smallest absolute Gasteiger partial charge is 0.209 e. The van der Waals surface area contributed by atoms with Gasteiger partial charge in [-0.1, -0.05) is 52.0 Å². The van der Waals surface area contributed by atoms with Crippen molar-refractivity contribution in [3.05, 3.63) is 69.7 Å². The predicted molar refractivity (Wildman–Crippen MR) is 137 cm³/mol. The molecular weight excluding hydrogens is 472 g/mol. The lowest BCUT2D eigenvalue weighted by Gasteiger charge is -2.59. The minimum atomic E-state index is -2.59. The number of carbonyl (C=O) groups is 3. The summed E-state index contributed by atoms with van der Waals surface area (Å²) in [6.45, 7) is 8.19. The number of aliphatic hydroxyl groups is 3. The number of phenolic OH excluding ortho intramolecular Hbond substituents is 1. The highest BCUT2D eigenvalue weighted by atomic mass is 16.3. The number of aliphatic hydroxyl groups excluding tert-OH is 2. The lowest BCUT2D eigenvalue weighted by molar-refractivity contribution is -0.171. The number of ketones is 3. The van der Waals surface area contributed by atoms with Gasteiger partial charge >= 0.3 is 0 Å². The molecule has 4 N–H and O–H groups in total. The normalized spacial score (nSPS) is 32.9. The van der Waals surface area contributed by atoms with Gasteiger partial charge in [0.2, 0.25) is 5.78 Å². The van der Waals surface area contributed by atoms with E-state index in [1.54, 1.807) is 13.0 Å². The molecule has 0 spiro atoms. The fourth-order valence-corrected chi connectivity index (χ4v) is 7.68. The minimum absolute atomic E-state index is 0.0466. The van der Waals surface area contributed by atoms with E-state index < -0.39 is 51.0 Å². The summed E-state index contributed by atoms with van der Waals surface area (Å²) in [6.07, 6.45) is 6.93. The molecular formula is C30H32O7. The Morgan fingerprint density at radius 3 is 2.35 bits per heavy atom. The summed E-state index contributed by atoms with van der Waals surface area (Å²) in [7, 11) is 0. The van der Waals surface area contributed by atoms with Gasteiger partial charge in [-0.25, -0.2) is 0 Å². The Morgan fingerprint density at radius 2 is 1.78 bits per heavy atom. The second-order valence-electron chi connectivity index (χ2n) is 11.8. The van der Waals surface area contributed by atoms with Gasteiger partial charge in [-0.15, -0.1) is 0 Å². The van der Waals surface area contributed by atoms with Crippen molar-refractivity contribution in [2.75, 3.05) is 0 Å². The summed E-state index contributed by atoms with van der Waals surface area (Å²) in [5, 5.41) is 45.7. The molecule has 4 aliphatic rings. The van der Waals surface area contributed by atoms with E-state index in [4.69, 9.17) is 0 Å². The molecule has 7 nitrogen and oxygen atoms in total. The van der Waals surface area contributed by atoms with Crippen molar-refractivity contribution in [2.45, 2.75) is 59.5 Å². The fraction of sp³-hybridized carbons (Fsp3) is 0.433. The third-order valence-corrected chi connectivity index (χ3v) is 9.01. The molecule has 5 rings (SSSR count). The molecule has 0 saturated carbocycles. The fourth-order valence-electron chi connectivity index (χ4n) is 7.68. The maximum Gasteiger partial charge on any atom is 0.209 e. The molecule has 1 unspecified atom stereocenters. The molecule has 0 saturated heterocycles. The van der Waals surface area contributed by atoms with Gasteiger partial charge in [0.15, 0.2) is 17.2 Å². The first-order chi connectivity index (χ1) is 17.2. The summed E-state index contributed by atoms with van der Waals surface area (Å²) in [5.41, 5.74) is -3.19. The van der Waals surface area contributed by atoms with Crippen molar-refractivity contribution in [2.24, 2.45) is 22.7 Å². The standard InChI is InChI=1S/C30H32O7/c1-14(2)22-24(33)20(15(3)31)26(35)30(37)27(36)23-25(34)21-18(12-28(23,4)13-29(22,30)5)17(10-11-19(21)32)16-8-6-7-9-16/h6-8,10-11,14,22,32-33,36-37H,9,12-13H2,1-5H3/t22?,28-,29-,30+/m1/s1. The molecule has 0 amide bonds. The molecule has 0 radical (unpaired) electrons. The number of rotatable bonds is 3. The van der Waals surface area contributed by atoms with E-state index >= 15 is 0 Å². The van der Waals surface area contributed by atoms with E-state index in [1.165, 1.54) is 6.07 Å². The van der Waals surface area contributed by atoms with Gasteiger partial charge in [-0.2, -0.15) is 0 Å². The van der Waals surface area contributed by atoms with E-state index in [-0.39, 0.29) is 41.4 Å². The van der Waals surface area contributed by atoms with Gasteiger partial charge in [-0.3, -0.25) is 14.4 Å². The number of allylic oxidation sites excluding steroid dienone is 6. The second-order valence-corrected chi connectivity index (χ2v) is 11.8. The summed E-state index contributed by atoms with van der Waals surface area (Å²) in [6, 6.07) is 3.23. The third kappa shape index (κ3) is 3.00. The van der Waals surface area contributed by atoms with Crippen LogP contribution >= 0.6 is 0 Å². The number of fused-ring (bicyclic) bond motifs is 3. The van der Waals surface area contributed by atoms with Crippen LogP contribution in [0.2, 0.25) is 0 Å². The van der Waals surface area contributed by atoms with Gasteiger partial charge in [-0.05, 0) is 54.9 Å². The number of hydrogen-bond donors (Lipinski definition) is 4. The van der Waals surface area contributed by atoms with Crippen LogP contribution in [0.15, 0.2) is 53.0 Å². The number of benzene rings is 1. The number of hydrogen-bond acceptors (Lipinski definition) is 7. The van der Waals surface area contributed by atoms with Crippen molar-refractivity contribution < 1.29 is 34.8 Å². The molecule has 0 fully saturated rings. The van der Waals surface area contributed by atoms with Gasteiger partial charge in [0.25, 0.3) is 0 Å². The van der Waals surface area contributed by atoms with Crippen LogP contribution in [0.3, 0.4) is 0 Å². The summed E-state index contributed by atoms with van der Waals surface area (Å²) in [5.74, 6) is -5.06. The largest absolute Gasteiger partial charge is 0.511 e. The quantitative estimate of drug-likeness (QED) is 0.439. The van der Waals surface area contributed by atoms with Crippen molar-refractivity contribution in [3.63, 3.8) is 0 Å². The molecule has 0 aromatic heterocycles. The van der Waals surface area contributed by atoms with Crippen molar-refractivity contribution >= 4 is 22.9 Å². The number of aromatic hydroxyl groups is 1. The third-order valence-electron chi connectivity index (χ3n) is 9.01. The average molecular weight is 505 g/mol. The lowest BCUT2D eigenvalue weighted by Crippen LogP contribution is -2.67. The Bertz CT molecular complexity index is 1420. The zero-order valence-electron chi connectivity index (χ0n) is 21.7. The number of carbonyl (C=O) groups excluding carboxylic acids is 3. The van der Waals surface area contributed by atoms with Crippen LogP contribution in [0.4, 0.5) is 0 Å². The summed E-state index contributed by atoms with van der Waals surface area (Å²) >= 11 is 0. The molecule has 0 aliphatic heterocycles. The Balaban J connectivity index is 1.81. The van der Waals surface area contributed by atoms with Gasteiger partial charge < -0.3 is 20.4 Å². The summed E-state index contributed by atoms with van der Waals surface area (Å²) < 4.78 is 0. The molecule has 7 heteroatoms. The molecule has 0 bridgehead atoms. The van der Waals surface area contributed by atoms with Crippen LogP contribution in [0.1, 0.15) is 68.9 Å².